The minimum atomic E-state index is -1.51. The van der Waals surface area contributed by atoms with Gasteiger partial charge >= 0.3 is 11.9 Å². The maximum absolute atomic E-state index is 12.7. The minimum absolute atomic E-state index is 0.114. The summed E-state index contributed by atoms with van der Waals surface area (Å²) in [5, 5.41) is 24.9. The van der Waals surface area contributed by atoms with E-state index in [9.17, 15) is 24.0 Å². The summed E-state index contributed by atoms with van der Waals surface area (Å²) in [7, 11) is 0. The number of carboxylic acids is 2. The van der Waals surface area contributed by atoms with Crippen LogP contribution in [0.25, 0.3) is 0 Å². The highest BCUT2D eigenvalue weighted by molar-refractivity contribution is 7.98. The molecule has 0 aliphatic carbocycles. The van der Waals surface area contributed by atoms with Gasteiger partial charge in [0.25, 0.3) is 0 Å². The lowest BCUT2D eigenvalue weighted by molar-refractivity contribution is -0.143. The van der Waals surface area contributed by atoms with Crippen molar-refractivity contribution < 1.29 is 34.2 Å². The maximum Gasteiger partial charge on any atom is 0.325 e. The Balaban J connectivity index is 5.36. The predicted octanol–water partition coefficient (Wildman–Crippen LogP) is -0.853. The Kier molecular flexibility index (Phi) is 12.7. The number of carbonyl (C=O) groups excluding carboxylic acids is 3. The molecule has 0 saturated carbocycles. The smallest absolute Gasteiger partial charge is 0.325 e. The van der Waals surface area contributed by atoms with Crippen LogP contribution in [0.4, 0.5) is 0 Å². The molecule has 11 nitrogen and oxygen atoms in total. The predicted molar refractivity (Wildman–Crippen MR) is 112 cm³/mol. The third-order valence-corrected chi connectivity index (χ3v) is 5.19. The van der Waals surface area contributed by atoms with Crippen molar-refractivity contribution >= 4 is 41.4 Å². The topological polar surface area (TPSA) is 188 Å². The summed E-state index contributed by atoms with van der Waals surface area (Å²) < 4.78 is 0. The number of nitrogens with one attached hydrogen (secondary N) is 3. The highest BCUT2D eigenvalue weighted by Gasteiger charge is 2.31. The lowest BCUT2D eigenvalue weighted by atomic mass is 9.99. The van der Waals surface area contributed by atoms with Crippen molar-refractivity contribution in [3.8, 4) is 0 Å². The van der Waals surface area contributed by atoms with Gasteiger partial charge in [0.1, 0.15) is 18.1 Å². The molecule has 0 bridgehead atoms. The van der Waals surface area contributed by atoms with Crippen LogP contribution in [0, 0.1) is 5.92 Å². The summed E-state index contributed by atoms with van der Waals surface area (Å²) in [6, 6.07) is -4.63. The molecular weight excluding hydrogens is 416 g/mol. The molecule has 5 atom stereocenters. The van der Waals surface area contributed by atoms with Crippen LogP contribution in [0.2, 0.25) is 0 Å². The highest BCUT2D eigenvalue weighted by Crippen LogP contribution is 2.08. The van der Waals surface area contributed by atoms with Gasteiger partial charge in [-0.2, -0.15) is 11.8 Å². The van der Waals surface area contributed by atoms with Gasteiger partial charge in [-0.25, -0.2) is 0 Å². The van der Waals surface area contributed by atoms with E-state index in [2.05, 4.69) is 16.0 Å². The number of nitrogens with two attached hydrogens (primary N) is 1. The molecule has 5 unspecified atom stereocenters. The Labute approximate surface area is 179 Å². The van der Waals surface area contributed by atoms with E-state index >= 15 is 0 Å². The molecule has 0 fully saturated rings. The highest BCUT2D eigenvalue weighted by atomic mass is 32.2. The quantitative estimate of drug-likeness (QED) is 0.197. The van der Waals surface area contributed by atoms with E-state index in [-0.39, 0.29) is 12.3 Å². The first-order chi connectivity index (χ1) is 13.9. The number of hydrogen-bond donors (Lipinski definition) is 6. The molecule has 0 saturated heterocycles. The summed E-state index contributed by atoms with van der Waals surface area (Å²) in [5.41, 5.74) is 5.90. The summed E-state index contributed by atoms with van der Waals surface area (Å²) in [5.74, 6) is -4.50. The van der Waals surface area contributed by atoms with Gasteiger partial charge in [0.05, 0.1) is 12.5 Å². The third kappa shape index (κ3) is 9.92. The first-order valence-corrected chi connectivity index (χ1v) is 10.9. The molecular formula is C18H32N4O7S. The molecule has 0 aromatic carbocycles. The van der Waals surface area contributed by atoms with Crippen molar-refractivity contribution in [2.45, 2.75) is 64.2 Å². The average Bonchev–Trinajstić information content (AvgIpc) is 2.68. The van der Waals surface area contributed by atoms with E-state index in [1.165, 1.54) is 18.7 Å². The second-order valence-corrected chi connectivity index (χ2v) is 7.97. The van der Waals surface area contributed by atoms with Crippen LogP contribution >= 0.6 is 11.8 Å². The lowest BCUT2D eigenvalue weighted by Gasteiger charge is -2.25. The first-order valence-electron chi connectivity index (χ1n) is 9.54. The van der Waals surface area contributed by atoms with Gasteiger partial charge in [-0.3, -0.25) is 24.0 Å². The van der Waals surface area contributed by atoms with Gasteiger partial charge in [0.2, 0.25) is 17.7 Å². The van der Waals surface area contributed by atoms with Gasteiger partial charge in [-0.15, -0.1) is 0 Å². The molecule has 172 valence electrons. The molecule has 0 radical (unpaired) electrons. The molecule has 0 heterocycles. The molecule has 7 N–H and O–H groups in total. The number of carboxylic acid groups (broad SMARTS) is 2. The zero-order chi connectivity index (χ0) is 23.4. The molecule has 0 aromatic heterocycles. The fraction of sp³-hybridized carbons (Fsp3) is 0.722. The van der Waals surface area contributed by atoms with E-state index in [1.54, 1.807) is 6.92 Å². The molecule has 0 aromatic rings. The number of carbonyl (C=O) groups is 5. The van der Waals surface area contributed by atoms with E-state index in [0.29, 0.717) is 12.2 Å². The first kappa shape index (κ1) is 27.7. The van der Waals surface area contributed by atoms with Crippen LogP contribution in [-0.4, -0.2) is 76.0 Å². The summed E-state index contributed by atoms with van der Waals surface area (Å²) >= 11 is 1.44. The zero-order valence-corrected chi connectivity index (χ0v) is 18.5. The maximum atomic E-state index is 12.7. The van der Waals surface area contributed by atoms with Crippen LogP contribution in [0.1, 0.15) is 40.0 Å². The molecule has 0 rings (SSSR count). The molecule has 3 amide bonds. The van der Waals surface area contributed by atoms with Crippen molar-refractivity contribution in [2.24, 2.45) is 11.7 Å². The van der Waals surface area contributed by atoms with Crippen LogP contribution in [-0.2, 0) is 24.0 Å². The monoisotopic (exact) mass is 448 g/mol. The summed E-state index contributed by atoms with van der Waals surface area (Å²) in [6.45, 7) is 4.89. The van der Waals surface area contributed by atoms with Crippen LogP contribution in [0.5, 0.6) is 0 Å². The fourth-order valence-electron chi connectivity index (χ4n) is 2.32. The normalized spacial score (nSPS) is 15.8. The fourth-order valence-corrected chi connectivity index (χ4v) is 2.79. The standard InChI is InChI=1S/C18H32N4O7S/c1-5-9(2)14(19)17(27)21-11(6-7-30-4)15(25)22-12(8-13(23)24)16(26)20-10(3)18(28)29/h9-12,14H,5-8,19H2,1-4H3,(H,20,26)(H,21,27)(H,22,25)(H,23,24)(H,28,29). The number of thioether (sulfide) groups is 1. The molecule has 0 aliphatic heterocycles. The third-order valence-electron chi connectivity index (χ3n) is 4.54. The van der Waals surface area contributed by atoms with Crippen molar-refractivity contribution in [1.82, 2.24) is 16.0 Å². The Hall–Kier alpha value is -2.34. The molecule has 12 heteroatoms. The van der Waals surface area contributed by atoms with Gasteiger partial charge in [0.15, 0.2) is 0 Å². The Morgan fingerprint density at radius 3 is 1.93 bits per heavy atom. The summed E-state index contributed by atoms with van der Waals surface area (Å²) in [6.07, 6.45) is 1.97. The van der Waals surface area contributed by atoms with Gasteiger partial charge < -0.3 is 31.9 Å². The second-order valence-electron chi connectivity index (χ2n) is 6.98. The van der Waals surface area contributed by atoms with Crippen molar-refractivity contribution in [3.05, 3.63) is 0 Å². The van der Waals surface area contributed by atoms with E-state index in [1.807, 2.05) is 13.2 Å². The van der Waals surface area contributed by atoms with Crippen LogP contribution in [0.3, 0.4) is 0 Å². The second kappa shape index (κ2) is 13.8. The summed E-state index contributed by atoms with van der Waals surface area (Å²) in [4.78, 5) is 59.3. The van der Waals surface area contributed by atoms with E-state index in [4.69, 9.17) is 15.9 Å². The van der Waals surface area contributed by atoms with E-state index < -0.39 is 60.2 Å². The Morgan fingerprint density at radius 2 is 1.47 bits per heavy atom. The number of rotatable bonds is 14. The largest absolute Gasteiger partial charge is 0.481 e. The zero-order valence-electron chi connectivity index (χ0n) is 17.6. The Bertz CT molecular complexity index is 632. The average molecular weight is 449 g/mol. The number of amides is 3. The van der Waals surface area contributed by atoms with Gasteiger partial charge in [-0.05, 0) is 31.3 Å². The molecule has 0 spiro atoms. The molecule has 0 aliphatic rings. The van der Waals surface area contributed by atoms with Crippen molar-refractivity contribution in [3.63, 3.8) is 0 Å². The molecule has 30 heavy (non-hydrogen) atoms. The Morgan fingerprint density at radius 1 is 0.933 bits per heavy atom. The van der Waals surface area contributed by atoms with Crippen LogP contribution < -0.4 is 21.7 Å². The van der Waals surface area contributed by atoms with Gasteiger partial charge in [0, 0.05) is 0 Å². The number of aliphatic carboxylic acids is 2. The SMILES string of the molecule is CCC(C)C(N)C(=O)NC(CCSC)C(=O)NC(CC(=O)O)C(=O)NC(C)C(=O)O. The number of hydrogen-bond acceptors (Lipinski definition) is 7. The lowest BCUT2D eigenvalue weighted by Crippen LogP contribution is -2.57. The minimum Gasteiger partial charge on any atom is -0.481 e. The van der Waals surface area contributed by atoms with Crippen LogP contribution in [0.15, 0.2) is 0 Å². The van der Waals surface area contributed by atoms with E-state index in [0.717, 1.165) is 0 Å². The van der Waals surface area contributed by atoms with Crippen molar-refractivity contribution in [1.29, 1.82) is 0 Å². The van der Waals surface area contributed by atoms with Crippen molar-refractivity contribution in [2.75, 3.05) is 12.0 Å². The van der Waals surface area contributed by atoms with Gasteiger partial charge in [-0.1, -0.05) is 20.3 Å².